The highest BCUT2D eigenvalue weighted by Gasteiger charge is 2.39. The van der Waals surface area contributed by atoms with Gasteiger partial charge in [-0.3, -0.25) is 10.9 Å². The number of fused-ring (bicyclic) bond motifs is 1. The first kappa shape index (κ1) is 21.0. The number of primary sulfonamides is 1. The molecule has 162 valence electrons. The fourth-order valence-corrected chi connectivity index (χ4v) is 5.35. The molecule has 4 rings (SSSR count). The van der Waals surface area contributed by atoms with Gasteiger partial charge in [-0.05, 0) is 62.8 Å². The van der Waals surface area contributed by atoms with Crippen molar-refractivity contribution in [2.45, 2.75) is 56.1 Å². The molecule has 2 heterocycles. The van der Waals surface area contributed by atoms with Crippen LogP contribution in [0.15, 0.2) is 35.4 Å². The van der Waals surface area contributed by atoms with E-state index < -0.39 is 10.0 Å². The second-order valence-electron chi connectivity index (χ2n) is 8.31. The molecule has 0 spiro atoms. The summed E-state index contributed by atoms with van der Waals surface area (Å²) >= 11 is 0. The van der Waals surface area contributed by atoms with Crippen LogP contribution in [0.5, 0.6) is 0 Å². The molecule has 0 radical (unpaired) electrons. The van der Waals surface area contributed by atoms with Crippen LogP contribution in [-0.4, -0.2) is 43.6 Å². The Bertz CT molecular complexity index is 1030. The van der Waals surface area contributed by atoms with E-state index in [2.05, 4.69) is 45.0 Å². The first-order valence-electron chi connectivity index (χ1n) is 10.2. The number of benzene rings is 1. The van der Waals surface area contributed by atoms with E-state index in [1.807, 2.05) is 6.07 Å². The van der Waals surface area contributed by atoms with Gasteiger partial charge in [0.1, 0.15) is 5.82 Å². The number of aryl methyl sites for hydroxylation is 1. The van der Waals surface area contributed by atoms with Crippen molar-refractivity contribution in [1.82, 2.24) is 20.8 Å². The van der Waals surface area contributed by atoms with E-state index in [1.54, 1.807) is 25.3 Å². The molecule has 1 aromatic heterocycles. The van der Waals surface area contributed by atoms with Crippen LogP contribution in [0.1, 0.15) is 31.7 Å². The zero-order valence-electron chi connectivity index (χ0n) is 17.5. The Morgan fingerprint density at radius 1 is 1.23 bits per heavy atom. The van der Waals surface area contributed by atoms with E-state index in [0.29, 0.717) is 41.2 Å². The summed E-state index contributed by atoms with van der Waals surface area (Å²) < 4.78 is 23.6. The van der Waals surface area contributed by atoms with Crippen molar-refractivity contribution < 1.29 is 8.42 Å². The molecule has 1 aromatic carbocycles. The quantitative estimate of drug-likeness (QED) is 0.563. The highest BCUT2D eigenvalue weighted by Crippen LogP contribution is 2.33. The first-order chi connectivity index (χ1) is 14.2. The lowest BCUT2D eigenvalue weighted by Crippen LogP contribution is -2.44. The SMILES string of the molecule is Cc1ccc(Nc2nccc(N(C)C3CCC4C(C)NNC4C3)n2)cc1S(N)(=O)=O. The normalized spacial score (nSPS) is 26.3. The minimum absolute atomic E-state index is 0.0874. The summed E-state index contributed by atoms with van der Waals surface area (Å²) in [7, 11) is -1.73. The lowest BCUT2D eigenvalue weighted by Gasteiger charge is -2.37. The van der Waals surface area contributed by atoms with Crippen molar-refractivity contribution in [3.8, 4) is 0 Å². The molecular weight excluding hydrogens is 402 g/mol. The zero-order chi connectivity index (χ0) is 21.5. The van der Waals surface area contributed by atoms with Gasteiger partial charge in [-0.1, -0.05) is 6.07 Å². The Balaban J connectivity index is 1.49. The second kappa shape index (κ2) is 8.10. The number of hydrazine groups is 1. The van der Waals surface area contributed by atoms with E-state index in [9.17, 15) is 8.42 Å². The van der Waals surface area contributed by atoms with Crippen molar-refractivity contribution >= 4 is 27.5 Å². The predicted molar refractivity (Wildman–Crippen MR) is 117 cm³/mol. The minimum atomic E-state index is -3.80. The van der Waals surface area contributed by atoms with Gasteiger partial charge in [0.15, 0.2) is 0 Å². The molecule has 2 aromatic rings. The minimum Gasteiger partial charge on any atom is -0.356 e. The second-order valence-corrected chi connectivity index (χ2v) is 9.84. The number of anilines is 3. The Kier molecular flexibility index (Phi) is 5.67. The number of hydrogen-bond acceptors (Lipinski definition) is 8. The number of nitrogens with two attached hydrogens (primary N) is 1. The van der Waals surface area contributed by atoms with E-state index >= 15 is 0 Å². The molecule has 1 aliphatic carbocycles. The van der Waals surface area contributed by atoms with Crippen molar-refractivity contribution in [3.63, 3.8) is 0 Å². The summed E-state index contributed by atoms with van der Waals surface area (Å²) in [6.07, 6.45) is 5.06. The summed E-state index contributed by atoms with van der Waals surface area (Å²) in [5.74, 6) is 1.91. The fraction of sp³-hybridized carbons (Fsp3) is 0.500. The predicted octanol–water partition coefficient (Wildman–Crippen LogP) is 1.65. The van der Waals surface area contributed by atoms with Crippen LogP contribution in [0.2, 0.25) is 0 Å². The smallest absolute Gasteiger partial charge is 0.238 e. The van der Waals surface area contributed by atoms with Crippen molar-refractivity contribution in [2.75, 3.05) is 17.3 Å². The standard InChI is InChI=1S/C20H29N7O2S/c1-12-4-5-14(10-18(12)30(21,28)29)23-20-22-9-8-19(24-20)27(3)15-6-7-16-13(2)25-26-17(16)11-15/h4-5,8-10,13,15-17,25-26H,6-7,11H2,1-3H3,(H2,21,28,29)(H,22,23,24). The van der Waals surface area contributed by atoms with Gasteiger partial charge in [0.25, 0.3) is 0 Å². The monoisotopic (exact) mass is 431 g/mol. The number of aromatic nitrogens is 2. The van der Waals surface area contributed by atoms with Crippen LogP contribution < -0.4 is 26.2 Å². The number of rotatable bonds is 5. The molecule has 2 fully saturated rings. The van der Waals surface area contributed by atoms with Gasteiger partial charge in [-0.2, -0.15) is 4.98 Å². The average molecular weight is 432 g/mol. The lowest BCUT2D eigenvalue weighted by molar-refractivity contribution is 0.280. The molecular formula is C20H29N7O2S. The van der Waals surface area contributed by atoms with Crippen LogP contribution in [0.4, 0.5) is 17.5 Å². The Hall–Kier alpha value is -2.27. The molecule has 5 N–H and O–H groups in total. The van der Waals surface area contributed by atoms with Crippen LogP contribution in [0.25, 0.3) is 0 Å². The Labute approximate surface area is 177 Å². The molecule has 4 unspecified atom stereocenters. The van der Waals surface area contributed by atoms with Gasteiger partial charge in [0, 0.05) is 37.1 Å². The summed E-state index contributed by atoms with van der Waals surface area (Å²) in [4.78, 5) is 11.2. The van der Waals surface area contributed by atoms with Crippen molar-refractivity contribution in [2.24, 2.45) is 11.1 Å². The Morgan fingerprint density at radius 3 is 2.80 bits per heavy atom. The summed E-state index contributed by atoms with van der Waals surface area (Å²) in [6.45, 7) is 3.94. The van der Waals surface area contributed by atoms with Crippen molar-refractivity contribution in [3.05, 3.63) is 36.0 Å². The average Bonchev–Trinajstić information content (AvgIpc) is 3.08. The number of sulfonamides is 1. The highest BCUT2D eigenvalue weighted by molar-refractivity contribution is 7.89. The van der Waals surface area contributed by atoms with E-state index in [1.165, 1.54) is 12.5 Å². The molecule has 10 heteroatoms. The maximum Gasteiger partial charge on any atom is 0.238 e. The molecule has 2 aliphatic rings. The van der Waals surface area contributed by atoms with Crippen LogP contribution in [0.3, 0.4) is 0 Å². The fourth-order valence-electron chi connectivity index (χ4n) is 4.54. The van der Waals surface area contributed by atoms with Crippen LogP contribution in [-0.2, 0) is 10.0 Å². The van der Waals surface area contributed by atoms with Gasteiger partial charge < -0.3 is 10.2 Å². The first-order valence-corrected chi connectivity index (χ1v) is 11.7. The van der Waals surface area contributed by atoms with Gasteiger partial charge >= 0.3 is 0 Å². The highest BCUT2D eigenvalue weighted by atomic mass is 32.2. The third-order valence-corrected chi connectivity index (χ3v) is 7.37. The van der Waals surface area contributed by atoms with E-state index in [4.69, 9.17) is 5.14 Å². The van der Waals surface area contributed by atoms with Crippen molar-refractivity contribution in [1.29, 1.82) is 0 Å². The third-order valence-electron chi connectivity index (χ3n) is 6.32. The van der Waals surface area contributed by atoms with Crippen LogP contribution >= 0.6 is 0 Å². The van der Waals surface area contributed by atoms with Gasteiger partial charge in [-0.15, -0.1) is 0 Å². The van der Waals surface area contributed by atoms with Gasteiger partial charge in [-0.25, -0.2) is 18.5 Å². The van der Waals surface area contributed by atoms with E-state index in [0.717, 1.165) is 18.7 Å². The maximum atomic E-state index is 11.8. The topological polar surface area (TPSA) is 125 Å². The Morgan fingerprint density at radius 2 is 2.03 bits per heavy atom. The number of nitrogens with one attached hydrogen (secondary N) is 3. The molecule has 30 heavy (non-hydrogen) atoms. The maximum absolute atomic E-state index is 11.8. The molecule has 1 aliphatic heterocycles. The summed E-state index contributed by atoms with van der Waals surface area (Å²) in [5, 5.41) is 8.40. The van der Waals surface area contributed by atoms with Gasteiger partial charge in [0.2, 0.25) is 16.0 Å². The lowest BCUT2D eigenvalue weighted by atomic mass is 9.79. The number of nitrogens with zero attached hydrogens (tertiary/aromatic N) is 3. The molecule has 1 saturated heterocycles. The molecule has 0 bridgehead atoms. The number of hydrogen-bond donors (Lipinski definition) is 4. The zero-order valence-corrected chi connectivity index (χ0v) is 18.3. The third kappa shape index (κ3) is 4.27. The largest absolute Gasteiger partial charge is 0.356 e. The molecule has 4 atom stereocenters. The molecule has 1 saturated carbocycles. The molecule has 0 amide bonds. The van der Waals surface area contributed by atoms with Crippen LogP contribution in [0, 0.1) is 12.8 Å². The van der Waals surface area contributed by atoms with E-state index in [-0.39, 0.29) is 4.90 Å². The molecule has 9 nitrogen and oxygen atoms in total. The summed E-state index contributed by atoms with van der Waals surface area (Å²) in [6, 6.07) is 8.27. The van der Waals surface area contributed by atoms with Gasteiger partial charge in [0.05, 0.1) is 4.90 Å². The summed E-state index contributed by atoms with van der Waals surface area (Å²) in [5.41, 5.74) is 7.95.